The third kappa shape index (κ3) is 3.31. The van der Waals surface area contributed by atoms with Crippen LogP contribution in [0, 0.1) is 0 Å². The first-order chi connectivity index (χ1) is 9.91. The van der Waals surface area contributed by atoms with E-state index < -0.39 is 5.97 Å². The van der Waals surface area contributed by atoms with Crippen LogP contribution in [0.1, 0.15) is 28.9 Å². The number of carboxylic acids is 1. The molecule has 2 rings (SSSR count). The van der Waals surface area contributed by atoms with Gasteiger partial charge in [-0.25, -0.2) is 4.79 Å². The standard InChI is InChI=1S/C16H15Cl2NO2/c1-10(11-5-3-6-12(17)9-11)19(2)15-13(16(20)21)7-4-8-14(15)18/h3-10H,1-2H3,(H,20,21). The molecule has 110 valence electrons. The second kappa shape index (κ2) is 6.37. The summed E-state index contributed by atoms with van der Waals surface area (Å²) in [5, 5.41) is 10.4. The summed E-state index contributed by atoms with van der Waals surface area (Å²) >= 11 is 12.2. The maximum atomic E-state index is 11.4. The maximum Gasteiger partial charge on any atom is 0.337 e. The molecule has 0 amide bonds. The third-order valence-electron chi connectivity index (χ3n) is 3.48. The fourth-order valence-electron chi connectivity index (χ4n) is 2.23. The lowest BCUT2D eigenvalue weighted by Gasteiger charge is -2.29. The smallest absolute Gasteiger partial charge is 0.337 e. The Morgan fingerprint density at radius 1 is 1.19 bits per heavy atom. The number of nitrogens with zero attached hydrogens (tertiary/aromatic N) is 1. The van der Waals surface area contributed by atoms with Gasteiger partial charge in [-0.15, -0.1) is 0 Å². The summed E-state index contributed by atoms with van der Waals surface area (Å²) in [5.74, 6) is -1.00. The molecular formula is C16H15Cl2NO2. The second-order valence-electron chi connectivity index (χ2n) is 4.78. The van der Waals surface area contributed by atoms with Crippen LogP contribution in [-0.2, 0) is 0 Å². The molecule has 1 atom stereocenters. The lowest BCUT2D eigenvalue weighted by atomic mass is 10.0. The van der Waals surface area contributed by atoms with E-state index in [1.165, 1.54) is 0 Å². The van der Waals surface area contributed by atoms with Gasteiger partial charge in [0.25, 0.3) is 0 Å². The second-order valence-corrected chi connectivity index (χ2v) is 5.63. The van der Waals surface area contributed by atoms with Crippen molar-refractivity contribution in [1.29, 1.82) is 0 Å². The number of carbonyl (C=O) groups is 1. The molecule has 2 aromatic carbocycles. The topological polar surface area (TPSA) is 40.5 Å². The minimum atomic E-state index is -1.00. The first-order valence-corrected chi connectivity index (χ1v) is 7.17. The molecule has 5 heteroatoms. The monoisotopic (exact) mass is 323 g/mol. The van der Waals surface area contributed by atoms with Crippen molar-refractivity contribution in [2.75, 3.05) is 11.9 Å². The van der Waals surface area contributed by atoms with Gasteiger partial charge in [0.1, 0.15) is 0 Å². The molecule has 0 spiro atoms. The molecule has 0 aliphatic rings. The minimum Gasteiger partial charge on any atom is -0.478 e. The fraction of sp³-hybridized carbons (Fsp3) is 0.188. The Kier molecular flexibility index (Phi) is 4.76. The third-order valence-corrected chi connectivity index (χ3v) is 4.02. The molecule has 0 radical (unpaired) electrons. The summed E-state index contributed by atoms with van der Waals surface area (Å²) in [6.45, 7) is 1.97. The Labute approximate surface area is 133 Å². The molecule has 1 unspecified atom stereocenters. The fourth-order valence-corrected chi connectivity index (χ4v) is 2.74. The van der Waals surface area contributed by atoms with Crippen LogP contribution in [0.4, 0.5) is 5.69 Å². The quantitative estimate of drug-likeness (QED) is 0.870. The Hall–Kier alpha value is -1.71. The van der Waals surface area contributed by atoms with Gasteiger partial charge in [0.15, 0.2) is 0 Å². The van der Waals surface area contributed by atoms with Crippen LogP contribution in [0.3, 0.4) is 0 Å². The average molecular weight is 324 g/mol. The molecule has 0 heterocycles. The molecular weight excluding hydrogens is 309 g/mol. The van der Waals surface area contributed by atoms with Crippen molar-refractivity contribution in [3.63, 3.8) is 0 Å². The number of benzene rings is 2. The van der Waals surface area contributed by atoms with Crippen LogP contribution in [0.2, 0.25) is 10.0 Å². The zero-order valence-corrected chi connectivity index (χ0v) is 13.2. The van der Waals surface area contributed by atoms with Crippen LogP contribution in [0.25, 0.3) is 0 Å². The van der Waals surface area contributed by atoms with Crippen LogP contribution < -0.4 is 4.90 Å². The summed E-state index contributed by atoms with van der Waals surface area (Å²) in [5.41, 5.74) is 1.67. The average Bonchev–Trinajstić information content (AvgIpc) is 2.45. The van der Waals surface area contributed by atoms with Gasteiger partial charge in [-0.05, 0) is 36.8 Å². The van der Waals surface area contributed by atoms with E-state index in [0.717, 1.165) is 5.56 Å². The lowest BCUT2D eigenvalue weighted by Crippen LogP contribution is -2.24. The molecule has 0 fully saturated rings. The van der Waals surface area contributed by atoms with Crippen molar-refractivity contribution in [1.82, 2.24) is 0 Å². The first-order valence-electron chi connectivity index (χ1n) is 6.42. The first kappa shape index (κ1) is 15.7. The van der Waals surface area contributed by atoms with Crippen molar-refractivity contribution in [3.05, 3.63) is 63.6 Å². The van der Waals surface area contributed by atoms with E-state index in [4.69, 9.17) is 23.2 Å². The predicted molar refractivity (Wildman–Crippen MR) is 86.7 cm³/mol. The molecule has 0 saturated heterocycles. The zero-order chi connectivity index (χ0) is 15.6. The number of aromatic carboxylic acids is 1. The van der Waals surface area contributed by atoms with Crippen LogP contribution in [0.5, 0.6) is 0 Å². The van der Waals surface area contributed by atoms with Crippen LogP contribution in [-0.4, -0.2) is 18.1 Å². The van der Waals surface area contributed by atoms with E-state index in [0.29, 0.717) is 15.7 Å². The van der Waals surface area contributed by atoms with Gasteiger partial charge in [-0.2, -0.15) is 0 Å². The SMILES string of the molecule is CC(c1cccc(Cl)c1)N(C)c1c(Cl)cccc1C(=O)O. The highest BCUT2D eigenvalue weighted by atomic mass is 35.5. The lowest BCUT2D eigenvalue weighted by molar-refractivity contribution is 0.0697. The van der Waals surface area contributed by atoms with Crippen molar-refractivity contribution >= 4 is 34.9 Å². The Morgan fingerprint density at radius 2 is 1.86 bits per heavy atom. The van der Waals surface area contributed by atoms with E-state index in [1.807, 2.05) is 37.1 Å². The van der Waals surface area contributed by atoms with Gasteiger partial charge >= 0.3 is 5.97 Å². The highest BCUT2D eigenvalue weighted by Crippen LogP contribution is 2.34. The molecule has 0 aromatic heterocycles. The summed E-state index contributed by atoms with van der Waals surface area (Å²) in [4.78, 5) is 13.2. The van der Waals surface area contributed by atoms with Crippen LogP contribution in [0.15, 0.2) is 42.5 Å². The Morgan fingerprint density at radius 3 is 2.48 bits per heavy atom. The van der Waals surface area contributed by atoms with Crippen molar-refractivity contribution in [3.8, 4) is 0 Å². The van der Waals surface area contributed by atoms with Crippen LogP contribution >= 0.6 is 23.2 Å². The van der Waals surface area contributed by atoms with Gasteiger partial charge in [0.2, 0.25) is 0 Å². The number of carboxylic acid groups (broad SMARTS) is 1. The molecule has 0 aliphatic carbocycles. The molecule has 2 aromatic rings. The van der Waals surface area contributed by atoms with E-state index in [-0.39, 0.29) is 11.6 Å². The highest BCUT2D eigenvalue weighted by molar-refractivity contribution is 6.34. The van der Waals surface area contributed by atoms with Crippen molar-refractivity contribution < 1.29 is 9.90 Å². The molecule has 0 bridgehead atoms. The summed E-state index contributed by atoms with van der Waals surface area (Å²) < 4.78 is 0. The number of halogens is 2. The Bertz CT molecular complexity index is 673. The number of anilines is 1. The van der Waals surface area contributed by atoms with E-state index in [2.05, 4.69) is 0 Å². The van der Waals surface area contributed by atoms with E-state index >= 15 is 0 Å². The van der Waals surface area contributed by atoms with Gasteiger partial charge in [0, 0.05) is 12.1 Å². The largest absolute Gasteiger partial charge is 0.478 e. The summed E-state index contributed by atoms with van der Waals surface area (Å²) in [6.07, 6.45) is 0. The van der Waals surface area contributed by atoms with Gasteiger partial charge in [-0.1, -0.05) is 41.4 Å². The van der Waals surface area contributed by atoms with Gasteiger partial charge < -0.3 is 10.0 Å². The van der Waals surface area contributed by atoms with Gasteiger partial charge in [-0.3, -0.25) is 0 Å². The maximum absolute atomic E-state index is 11.4. The molecule has 21 heavy (non-hydrogen) atoms. The van der Waals surface area contributed by atoms with E-state index in [9.17, 15) is 9.90 Å². The molecule has 0 saturated carbocycles. The highest BCUT2D eigenvalue weighted by Gasteiger charge is 2.21. The minimum absolute atomic E-state index is 0.0679. The Balaban J connectivity index is 2.44. The molecule has 0 aliphatic heterocycles. The normalized spacial score (nSPS) is 12.0. The number of hydrogen-bond donors (Lipinski definition) is 1. The van der Waals surface area contributed by atoms with E-state index in [1.54, 1.807) is 24.3 Å². The zero-order valence-electron chi connectivity index (χ0n) is 11.7. The number of para-hydroxylation sites is 1. The number of hydrogen-bond acceptors (Lipinski definition) is 2. The van der Waals surface area contributed by atoms with Gasteiger partial charge in [0.05, 0.1) is 22.3 Å². The number of rotatable bonds is 4. The summed E-state index contributed by atoms with van der Waals surface area (Å²) in [7, 11) is 1.82. The molecule has 1 N–H and O–H groups in total. The summed E-state index contributed by atoms with van der Waals surface area (Å²) in [6, 6.07) is 12.3. The predicted octanol–water partition coefficient (Wildman–Crippen LogP) is 4.89. The van der Waals surface area contributed by atoms with Crippen molar-refractivity contribution in [2.45, 2.75) is 13.0 Å². The van der Waals surface area contributed by atoms with Crippen molar-refractivity contribution in [2.24, 2.45) is 0 Å². The molecule has 3 nitrogen and oxygen atoms in total.